The van der Waals surface area contributed by atoms with E-state index < -0.39 is 0 Å². The molecule has 0 unspecified atom stereocenters. The first-order valence-electron chi connectivity index (χ1n) is 7.56. The van der Waals surface area contributed by atoms with Crippen LogP contribution in [0.3, 0.4) is 0 Å². The molecule has 3 rings (SSSR count). The zero-order valence-corrected chi connectivity index (χ0v) is 13.6. The molecular weight excluding hydrogens is 288 g/mol. The molecule has 4 nitrogen and oxygen atoms in total. The van der Waals surface area contributed by atoms with Crippen LogP contribution in [0.15, 0.2) is 48.5 Å². The van der Waals surface area contributed by atoms with Gasteiger partial charge in [-0.1, -0.05) is 30.3 Å². The normalized spacial score (nSPS) is 10.7. The van der Waals surface area contributed by atoms with E-state index in [1.165, 1.54) is 0 Å². The van der Waals surface area contributed by atoms with Crippen molar-refractivity contribution in [3.8, 4) is 5.75 Å². The van der Waals surface area contributed by atoms with Crippen LogP contribution in [0, 0.1) is 6.92 Å². The van der Waals surface area contributed by atoms with Crippen LogP contribution in [-0.4, -0.2) is 29.9 Å². The topological polar surface area (TPSA) is 45.3 Å². The molecule has 0 aliphatic rings. The summed E-state index contributed by atoms with van der Waals surface area (Å²) in [6, 6.07) is 15.7. The van der Waals surface area contributed by atoms with Gasteiger partial charge in [0.1, 0.15) is 5.75 Å². The van der Waals surface area contributed by atoms with Gasteiger partial charge in [0, 0.05) is 30.2 Å². The monoisotopic (exact) mass is 308 g/mol. The van der Waals surface area contributed by atoms with E-state index in [0.29, 0.717) is 12.1 Å². The summed E-state index contributed by atoms with van der Waals surface area (Å²) in [5.41, 5.74) is 3.63. The average Bonchev–Trinajstić information content (AvgIpc) is 2.89. The van der Waals surface area contributed by atoms with Crippen molar-refractivity contribution >= 4 is 16.8 Å². The molecule has 0 radical (unpaired) electrons. The molecule has 118 valence electrons. The molecule has 0 bridgehead atoms. The summed E-state index contributed by atoms with van der Waals surface area (Å²) < 4.78 is 5.28. The summed E-state index contributed by atoms with van der Waals surface area (Å²) in [6.07, 6.45) is 0. The number of carbonyl (C=O) groups excluding carboxylic acids is 1. The van der Waals surface area contributed by atoms with E-state index in [1.54, 1.807) is 12.0 Å². The van der Waals surface area contributed by atoms with Crippen molar-refractivity contribution in [2.75, 3.05) is 14.2 Å². The number of hydrogen-bond acceptors (Lipinski definition) is 2. The Hall–Kier alpha value is -2.75. The number of ether oxygens (including phenoxy) is 1. The van der Waals surface area contributed by atoms with E-state index >= 15 is 0 Å². The first-order valence-corrected chi connectivity index (χ1v) is 7.56. The van der Waals surface area contributed by atoms with Gasteiger partial charge in [0.2, 0.25) is 0 Å². The highest BCUT2D eigenvalue weighted by Crippen LogP contribution is 2.27. The smallest absolute Gasteiger partial charge is 0.256 e. The van der Waals surface area contributed by atoms with Gasteiger partial charge in [-0.15, -0.1) is 0 Å². The van der Waals surface area contributed by atoms with Crippen LogP contribution in [0.2, 0.25) is 0 Å². The standard InChI is InChI=1S/C19H20N2O2/c1-13-18(16-11-15(23-3)9-10-17(16)20-13)19(22)21(2)12-14-7-5-4-6-8-14/h4-11,20H,12H2,1-3H3. The van der Waals surface area contributed by atoms with Crippen molar-refractivity contribution in [2.45, 2.75) is 13.5 Å². The van der Waals surface area contributed by atoms with Gasteiger partial charge in [0.05, 0.1) is 12.7 Å². The lowest BCUT2D eigenvalue weighted by Crippen LogP contribution is -2.26. The lowest BCUT2D eigenvalue weighted by atomic mass is 10.1. The maximum atomic E-state index is 12.9. The lowest BCUT2D eigenvalue weighted by molar-refractivity contribution is 0.0786. The van der Waals surface area contributed by atoms with Gasteiger partial charge in [-0.05, 0) is 30.7 Å². The first-order chi connectivity index (χ1) is 11.1. The third-order valence-corrected chi connectivity index (χ3v) is 4.02. The van der Waals surface area contributed by atoms with E-state index in [0.717, 1.165) is 27.9 Å². The SMILES string of the molecule is COc1ccc2[nH]c(C)c(C(=O)N(C)Cc3ccccc3)c2c1. The number of aromatic nitrogens is 1. The minimum Gasteiger partial charge on any atom is -0.497 e. The molecule has 4 heteroatoms. The molecule has 0 atom stereocenters. The maximum Gasteiger partial charge on any atom is 0.256 e. The average molecular weight is 308 g/mol. The van der Waals surface area contributed by atoms with Crippen LogP contribution in [-0.2, 0) is 6.54 Å². The van der Waals surface area contributed by atoms with Crippen LogP contribution in [0.4, 0.5) is 0 Å². The molecule has 1 heterocycles. The molecule has 1 aromatic heterocycles. The number of carbonyl (C=O) groups is 1. The zero-order chi connectivity index (χ0) is 16.4. The highest BCUT2D eigenvalue weighted by atomic mass is 16.5. The van der Waals surface area contributed by atoms with Crippen molar-refractivity contribution < 1.29 is 9.53 Å². The highest BCUT2D eigenvalue weighted by molar-refractivity contribution is 6.08. The fraction of sp³-hybridized carbons (Fsp3) is 0.211. The fourth-order valence-corrected chi connectivity index (χ4v) is 2.83. The third-order valence-electron chi connectivity index (χ3n) is 4.02. The summed E-state index contributed by atoms with van der Waals surface area (Å²) in [5, 5.41) is 0.895. The molecule has 0 aliphatic heterocycles. The van der Waals surface area contributed by atoms with Gasteiger partial charge in [0.25, 0.3) is 5.91 Å². The molecule has 0 fully saturated rings. The summed E-state index contributed by atoms with van der Waals surface area (Å²) in [7, 11) is 3.46. The number of aromatic amines is 1. The number of nitrogens with zero attached hydrogens (tertiary/aromatic N) is 1. The van der Waals surface area contributed by atoms with Crippen molar-refractivity contribution in [2.24, 2.45) is 0 Å². The Morgan fingerprint density at radius 2 is 1.91 bits per heavy atom. The van der Waals surface area contributed by atoms with Gasteiger partial charge < -0.3 is 14.6 Å². The van der Waals surface area contributed by atoms with Gasteiger partial charge >= 0.3 is 0 Å². The van der Waals surface area contributed by atoms with Crippen LogP contribution < -0.4 is 4.74 Å². The molecule has 0 spiro atoms. The van der Waals surface area contributed by atoms with Crippen LogP contribution in [0.5, 0.6) is 5.75 Å². The second-order valence-corrected chi connectivity index (χ2v) is 5.68. The van der Waals surface area contributed by atoms with Gasteiger partial charge in [0.15, 0.2) is 0 Å². The number of methoxy groups -OCH3 is 1. The van der Waals surface area contributed by atoms with E-state index in [1.807, 2.05) is 62.5 Å². The Balaban J connectivity index is 1.95. The first kappa shape index (κ1) is 15.2. The number of nitrogens with one attached hydrogen (secondary N) is 1. The Kier molecular flexibility index (Phi) is 4.06. The van der Waals surface area contributed by atoms with Crippen molar-refractivity contribution in [1.82, 2.24) is 9.88 Å². The minimum absolute atomic E-state index is 0.00542. The Morgan fingerprint density at radius 1 is 1.17 bits per heavy atom. The van der Waals surface area contributed by atoms with Gasteiger partial charge in [-0.2, -0.15) is 0 Å². The van der Waals surface area contributed by atoms with Crippen LogP contribution in [0.25, 0.3) is 10.9 Å². The summed E-state index contributed by atoms with van der Waals surface area (Å²) >= 11 is 0. The molecule has 2 aromatic carbocycles. The Bertz CT molecular complexity index is 837. The highest BCUT2D eigenvalue weighted by Gasteiger charge is 2.20. The second kappa shape index (κ2) is 6.16. The van der Waals surface area contributed by atoms with Gasteiger partial charge in [-0.25, -0.2) is 0 Å². The molecule has 0 saturated heterocycles. The van der Waals surface area contributed by atoms with Crippen molar-refractivity contribution in [3.63, 3.8) is 0 Å². The van der Waals surface area contributed by atoms with E-state index in [9.17, 15) is 4.79 Å². The van der Waals surface area contributed by atoms with Gasteiger partial charge in [-0.3, -0.25) is 4.79 Å². The largest absolute Gasteiger partial charge is 0.497 e. The lowest BCUT2D eigenvalue weighted by Gasteiger charge is -2.17. The number of benzene rings is 2. The van der Waals surface area contributed by atoms with Crippen molar-refractivity contribution in [3.05, 3.63) is 65.4 Å². The number of amides is 1. The van der Waals surface area contributed by atoms with E-state index in [-0.39, 0.29) is 5.91 Å². The fourth-order valence-electron chi connectivity index (χ4n) is 2.83. The number of H-pyrrole nitrogens is 1. The summed E-state index contributed by atoms with van der Waals surface area (Å²) in [4.78, 5) is 17.9. The minimum atomic E-state index is 0.00542. The molecule has 1 amide bonds. The quantitative estimate of drug-likeness (QED) is 0.797. The molecule has 0 aliphatic carbocycles. The number of rotatable bonds is 4. The molecule has 23 heavy (non-hydrogen) atoms. The van der Waals surface area contributed by atoms with Crippen molar-refractivity contribution in [1.29, 1.82) is 0 Å². The number of aryl methyl sites for hydroxylation is 1. The van der Waals surface area contributed by atoms with E-state index in [2.05, 4.69) is 4.98 Å². The number of hydrogen-bond donors (Lipinski definition) is 1. The second-order valence-electron chi connectivity index (χ2n) is 5.68. The molecule has 0 saturated carbocycles. The number of fused-ring (bicyclic) bond motifs is 1. The summed E-state index contributed by atoms with van der Waals surface area (Å²) in [6.45, 7) is 2.51. The molecule has 3 aromatic rings. The molecule has 1 N–H and O–H groups in total. The van der Waals surface area contributed by atoms with Crippen LogP contribution in [0.1, 0.15) is 21.6 Å². The maximum absolute atomic E-state index is 12.9. The predicted octanol–water partition coefficient (Wildman–Crippen LogP) is 3.76. The predicted molar refractivity (Wildman–Crippen MR) is 91.8 cm³/mol. The Morgan fingerprint density at radius 3 is 2.61 bits per heavy atom. The Labute approximate surface area is 135 Å². The zero-order valence-electron chi connectivity index (χ0n) is 13.6. The van der Waals surface area contributed by atoms with Crippen LogP contribution >= 0.6 is 0 Å². The van der Waals surface area contributed by atoms with E-state index in [4.69, 9.17) is 4.74 Å². The summed E-state index contributed by atoms with van der Waals surface area (Å²) in [5.74, 6) is 0.752. The third kappa shape index (κ3) is 2.93. The molecular formula is C19H20N2O2.